The molecule has 1 aromatic carbocycles. The molecule has 4 N–H and O–H groups in total. The Bertz CT molecular complexity index is 1080. The highest BCUT2D eigenvalue weighted by Gasteiger charge is 2.42. The molecule has 0 radical (unpaired) electrons. The zero-order valence-corrected chi connectivity index (χ0v) is 19.8. The van der Waals surface area contributed by atoms with Crippen LogP contribution in [0.15, 0.2) is 47.3 Å². The number of nitrogens with zero attached hydrogens (tertiary/aromatic N) is 2. The van der Waals surface area contributed by atoms with Crippen LogP contribution in [0.4, 0.5) is 0 Å². The first-order chi connectivity index (χ1) is 16.1. The highest BCUT2D eigenvalue weighted by molar-refractivity contribution is 5.82. The van der Waals surface area contributed by atoms with Gasteiger partial charge in [-0.05, 0) is 49.4 Å². The van der Waals surface area contributed by atoms with Crippen LogP contribution in [0.5, 0.6) is 5.75 Å². The molecule has 5 atom stereocenters. The first-order valence-electron chi connectivity index (χ1n) is 11.4. The lowest BCUT2D eigenvalue weighted by Gasteiger charge is -2.47. The highest BCUT2D eigenvalue weighted by atomic mass is 16.5. The van der Waals surface area contributed by atoms with Crippen molar-refractivity contribution in [3.05, 3.63) is 64.1 Å². The fourth-order valence-electron chi connectivity index (χ4n) is 4.94. The molecule has 1 amide bonds. The number of piperidine rings is 1. The van der Waals surface area contributed by atoms with Crippen molar-refractivity contribution >= 4 is 11.9 Å². The van der Waals surface area contributed by atoms with Crippen molar-refractivity contribution in [1.29, 1.82) is 0 Å². The minimum Gasteiger partial charge on any atom is -0.497 e. The summed E-state index contributed by atoms with van der Waals surface area (Å²) in [5.74, 6) is -0.0613. The maximum Gasteiger partial charge on any atom is 0.300 e. The van der Waals surface area contributed by atoms with E-state index in [-0.39, 0.29) is 29.3 Å². The molecule has 3 heterocycles. The average molecular weight is 472 g/mol. The summed E-state index contributed by atoms with van der Waals surface area (Å²) in [4.78, 5) is 36.5. The van der Waals surface area contributed by atoms with Crippen LogP contribution in [-0.2, 0) is 16.0 Å². The third-order valence-electron chi connectivity index (χ3n) is 6.49. The number of aliphatic carboxylic acids is 1. The minimum atomic E-state index is -0.932. The molecule has 2 aliphatic rings. The fourth-order valence-corrected chi connectivity index (χ4v) is 4.94. The van der Waals surface area contributed by atoms with Gasteiger partial charge in [0.15, 0.2) is 0 Å². The van der Waals surface area contributed by atoms with Crippen LogP contribution in [0.2, 0.25) is 0 Å². The zero-order valence-electron chi connectivity index (χ0n) is 19.8. The number of benzene rings is 1. The summed E-state index contributed by atoms with van der Waals surface area (Å²) in [6, 6.07) is 12.3. The van der Waals surface area contributed by atoms with Gasteiger partial charge in [0.1, 0.15) is 11.8 Å². The Hall–Kier alpha value is -3.17. The molecular weight excluding hydrogens is 438 g/mol. The molecule has 0 saturated carbocycles. The first-order valence-corrected chi connectivity index (χ1v) is 11.4. The predicted molar refractivity (Wildman–Crippen MR) is 127 cm³/mol. The van der Waals surface area contributed by atoms with Crippen molar-refractivity contribution in [1.82, 2.24) is 9.47 Å². The molecule has 34 heavy (non-hydrogen) atoms. The highest BCUT2D eigenvalue weighted by Crippen LogP contribution is 2.42. The normalized spacial score (nSPS) is 22.5. The van der Waals surface area contributed by atoms with Crippen LogP contribution < -0.4 is 16.0 Å². The second-order valence-electron chi connectivity index (χ2n) is 9.00. The number of aromatic nitrogens is 1. The number of carboxylic acid groups (broad SMARTS) is 1. The summed E-state index contributed by atoms with van der Waals surface area (Å²) in [7, 11) is 1.64. The molecule has 2 bridgehead atoms. The van der Waals surface area contributed by atoms with Gasteiger partial charge in [-0.1, -0.05) is 18.2 Å². The maximum absolute atomic E-state index is 12.9. The third-order valence-corrected chi connectivity index (χ3v) is 6.49. The molecule has 1 fully saturated rings. The third kappa shape index (κ3) is 5.66. The lowest BCUT2D eigenvalue weighted by atomic mass is 9.76. The lowest BCUT2D eigenvalue weighted by molar-refractivity contribution is -0.138. The van der Waals surface area contributed by atoms with E-state index in [1.807, 2.05) is 34.9 Å². The molecule has 9 heteroatoms. The SMILES string of the molecule is CC(=O)O.COc1cccc(C[C@H]2[C@H]3C[C@H](CN(C(=O)[C@@H](N)[C@@H](C)O)C3)c3cccc(=O)n32)c1. The van der Waals surface area contributed by atoms with E-state index in [4.69, 9.17) is 20.4 Å². The van der Waals surface area contributed by atoms with E-state index in [0.29, 0.717) is 19.5 Å². The Kier molecular flexibility index (Phi) is 8.11. The molecule has 0 aliphatic carbocycles. The van der Waals surface area contributed by atoms with E-state index in [2.05, 4.69) is 0 Å². The van der Waals surface area contributed by atoms with Gasteiger partial charge in [0.2, 0.25) is 5.91 Å². The number of ether oxygens (including phenoxy) is 1. The topological polar surface area (TPSA) is 135 Å². The fraction of sp³-hybridized carbons (Fsp3) is 0.480. The monoisotopic (exact) mass is 471 g/mol. The van der Waals surface area contributed by atoms with Gasteiger partial charge in [-0.25, -0.2) is 0 Å². The Morgan fingerprint density at radius 1 is 1.21 bits per heavy atom. The van der Waals surface area contributed by atoms with Crippen LogP contribution in [0, 0.1) is 5.92 Å². The number of amides is 1. The summed E-state index contributed by atoms with van der Waals surface area (Å²) < 4.78 is 7.28. The van der Waals surface area contributed by atoms with Crippen molar-refractivity contribution in [3.8, 4) is 5.75 Å². The summed E-state index contributed by atoms with van der Waals surface area (Å²) in [6.07, 6.45) is 0.698. The number of hydrogen-bond donors (Lipinski definition) is 3. The molecule has 0 spiro atoms. The minimum absolute atomic E-state index is 0.00412. The van der Waals surface area contributed by atoms with Crippen LogP contribution in [0.25, 0.3) is 0 Å². The number of carbonyl (C=O) groups is 2. The van der Waals surface area contributed by atoms with E-state index >= 15 is 0 Å². The van der Waals surface area contributed by atoms with E-state index in [1.54, 1.807) is 24.1 Å². The van der Waals surface area contributed by atoms with Gasteiger partial charge >= 0.3 is 0 Å². The van der Waals surface area contributed by atoms with Crippen molar-refractivity contribution in [3.63, 3.8) is 0 Å². The smallest absolute Gasteiger partial charge is 0.300 e. The molecule has 184 valence electrons. The zero-order chi connectivity index (χ0) is 25.0. The molecule has 1 saturated heterocycles. The first kappa shape index (κ1) is 25.5. The van der Waals surface area contributed by atoms with Crippen LogP contribution in [0.3, 0.4) is 0 Å². The second-order valence-corrected chi connectivity index (χ2v) is 9.00. The van der Waals surface area contributed by atoms with E-state index in [0.717, 1.165) is 30.4 Å². The predicted octanol–water partition coefficient (Wildman–Crippen LogP) is 1.39. The van der Waals surface area contributed by atoms with Gasteiger partial charge in [-0.3, -0.25) is 14.4 Å². The van der Waals surface area contributed by atoms with Crippen molar-refractivity contribution < 1.29 is 24.5 Å². The summed E-state index contributed by atoms with van der Waals surface area (Å²) in [6.45, 7) is 3.67. The quantitative estimate of drug-likeness (QED) is 0.600. The molecule has 0 unspecified atom stereocenters. The number of hydrogen-bond acceptors (Lipinski definition) is 6. The number of aliphatic hydroxyl groups is 1. The van der Waals surface area contributed by atoms with Crippen LogP contribution >= 0.6 is 0 Å². The Labute approximate surface area is 198 Å². The van der Waals surface area contributed by atoms with Crippen molar-refractivity contribution in [2.75, 3.05) is 20.2 Å². The number of pyridine rings is 1. The standard InChI is InChI=1S/C23H29N3O4.C2H4O2/c1-14(27)22(24)23(29)25-12-16-11-17(13-25)20(26-19(16)7-4-8-21(26)28)10-15-5-3-6-18(9-15)30-2;1-2(3)4/h3-9,14,16-17,20,22,27H,10-13,24H2,1-2H3;1H3,(H,3,4)/t14-,16-,17+,20+,22+;/m1./s1. The van der Waals surface area contributed by atoms with Gasteiger partial charge in [-0.2, -0.15) is 0 Å². The van der Waals surface area contributed by atoms with Gasteiger partial charge in [0, 0.05) is 43.7 Å². The van der Waals surface area contributed by atoms with E-state index < -0.39 is 18.1 Å². The number of likely N-dealkylation sites (tertiary alicyclic amines) is 1. The van der Waals surface area contributed by atoms with Gasteiger partial charge < -0.3 is 30.2 Å². The number of carbonyl (C=O) groups excluding carboxylic acids is 1. The number of rotatable bonds is 5. The van der Waals surface area contributed by atoms with Crippen LogP contribution in [-0.4, -0.2) is 63.9 Å². The Morgan fingerprint density at radius 2 is 1.88 bits per heavy atom. The van der Waals surface area contributed by atoms with Crippen molar-refractivity contribution in [2.45, 2.75) is 50.8 Å². The number of nitrogens with two attached hydrogens (primary N) is 1. The Balaban J connectivity index is 0.000000751. The molecule has 2 aliphatic heterocycles. The second kappa shape index (κ2) is 10.8. The molecule has 1 aromatic heterocycles. The maximum atomic E-state index is 12.9. The summed E-state index contributed by atoms with van der Waals surface area (Å²) in [5.41, 5.74) is 7.99. The van der Waals surface area contributed by atoms with Gasteiger partial charge in [-0.15, -0.1) is 0 Å². The number of carboxylic acids is 1. The Morgan fingerprint density at radius 3 is 2.53 bits per heavy atom. The lowest BCUT2D eigenvalue weighted by Crippen LogP contribution is -2.56. The molecule has 9 nitrogen and oxygen atoms in total. The summed E-state index contributed by atoms with van der Waals surface area (Å²) >= 11 is 0. The van der Waals surface area contributed by atoms with Gasteiger partial charge in [0.25, 0.3) is 11.5 Å². The summed E-state index contributed by atoms with van der Waals surface area (Å²) in [5, 5.41) is 17.2. The average Bonchev–Trinajstić information content (AvgIpc) is 2.80. The number of aliphatic hydroxyl groups excluding tert-OH is 1. The van der Waals surface area contributed by atoms with E-state index in [1.165, 1.54) is 6.92 Å². The number of fused-ring (bicyclic) bond motifs is 4. The van der Waals surface area contributed by atoms with Gasteiger partial charge in [0.05, 0.1) is 13.2 Å². The van der Waals surface area contributed by atoms with Crippen molar-refractivity contribution in [2.24, 2.45) is 11.7 Å². The molecule has 2 aromatic rings. The molecule has 4 rings (SSSR count). The van der Waals surface area contributed by atoms with E-state index in [9.17, 15) is 14.7 Å². The number of methoxy groups -OCH3 is 1. The molecular formula is C25H33N3O6. The largest absolute Gasteiger partial charge is 0.497 e. The van der Waals surface area contributed by atoms with Crippen LogP contribution in [0.1, 0.15) is 43.5 Å².